The molecule has 1 aromatic carbocycles. The molecule has 1 saturated heterocycles. The Bertz CT molecular complexity index is 455. The predicted molar refractivity (Wildman–Crippen MR) is 78.3 cm³/mol. The van der Waals surface area contributed by atoms with E-state index in [1.807, 2.05) is 0 Å². The number of carbonyl (C=O) groups is 1. The molecule has 0 bridgehead atoms. The summed E-state index contributed by atoms with van der Waals surface area (Å²) in [6, 6.07) is 4.49. The number of likely N-dealkylation sites (N-methyl/N-ethyl adjacent to an activating group) is 1. The molecule has 1 amide bonds. The van der Waals surface area contributed by atoms with Crippen molar-refractivity contribution >= 4 is 17.5 Å². The van der Waals surface area contributed by atoms with Gasteiger partial charge in [-0.3, -0.25) is 4.79 Å². The molecular weight excluding hydrogens is 279 g/mol. The molecular formula is C15H20ClFN2O. The van der Waals surface area contributed by atoms with Crippen LogP contribution >= 0.6 is 11.6 Å². The van der Waals surface area contributed by atoms with Gasteiger partial charge in [0.05, 0.1) is 6.42 Å². The second kappa shape index (κ2) is 7.04. The van der Waals surface area contributed by atoms with E-state index in [9.17, 15) is 9.18 Å². The minimum atomic E-state index is -0.418. The van der Waals surface area contributed by atoms with Crippen LogP contribution in [0.5, 0.6) is 0 Å². The Morgan fingerprint density at radius 1 is 1.55 bits per heavy atom. The molecule has 110 valence electrons. The van der Waals surface area contributed by atoms with Crippen molar-refractivity contribution in [2.45, 2.75) is 19.3 Å². The molecule has 2 rings (SSSR count). The zero-order valence-corrected chi connectivity index (χ0v) is 12.4. The number of hydrogen-bond donors (Lipinski definition) is 1. The molecule has 0 spiro atoms. The Kier molecular flexibility index (Phi) is 5.38. The highest BCUT2D eigenvalue weighted by atomic mass is 35.5. The largest absolute Gasteiger partial charge is 0.345 e. The molecule has 1 heterocycles. The van der Waals surface area contributed by atoms with Crippen LogP contribution in [-0.4, -0.2) is 37.5 Å². The average molecular weight is 299 g/mol. The van der Waals surface area contributed by atoms with Crippen LogP contribution in [0.4, 0.5) is 4.39 Å². The highest BCUT2D eigenvalue weighted by molar-refractivity contribution is 6.31. The fourth-order valence-electron chi connectivity index (χ4n) is 2.56. The van der Waals surface area contributed by atoms with Crippen molar-refractivity contribution in [3.05, 3.63) is 34.6 Å². The van der Waals surface area contributed by atoms with Crippen molar-refractivity contribution in [1.29, 1.82) is 0 Å². The summed E-state index contributed by atoms with van der Waals surface area (Å²) in [5.74, 6) is -0.0325. The van der Waals surface area contributed by atoms with Gasteiger partial charge in [0.15, 0.2) is 0 Å². The van der Waals surface area contributed by atoms with Crippen LogP contribution in [0, 0.1) is 11.7 Å². The van der Waals surface area contributed by atoms with Crippen molar-refractivity contribution in [3.8, 4) is 0 Å². The van der Waals surface area contributed by atoms with E-state index in [4.69, 9.17) is 11.6 Å². The van der Waals surface area contributed by atoms with Crippen LogP contribution in [0.1, 0.15) is 18.4 Å². The van der Waals surface area contributed by atoms with Crippen LogP contribution in [-0.2, 0) is 11.2 Å². The van der Waals surface area contributed by atoms with Crippen molar-refractivity contribution in [2.75, 3.05) is 26.7 Å². The Hall–Kier alpha value is -1.13. The number of hydrogen-bond acceptors (Lipinski definition) is 2. The molecule has 1 N–H and O–H groups in total. The third-order valence-corrected chi connectivity index (χ3v) is 4.10. The number of rotatable bonds is 4. The molecule has 1 aromatic rings. The Morgan fingerprint density at radius 3 is 3.00 bits per heavy atom. The van der Waals surface area contributed by atoms with Gasteiger partial charge in [0.25, 0.3) is 0 Å². The molecule has 1 aliphatic heterocycles. The Balaban J connectivity index is 1.93. The number of nitrogens with one attached hydrogen (secondary N) is 1. The van der Waals surface area contributed by atoms with Gasteiger partial charge < -0.3 is 10.2 Å². The number of nitrogens with zero attached hydrogens (tertiary/aromatic N) is 1. The lowest BCUT2D eigenvalue weighted by atomic mass is 9.99. The van der Waals surface area contributed by atoms with E-state index in [0.29, 0.717) is 17.5 Å². The van der Waals surface area contributed by atoms with Gasteiger partial charge in [-0.2, -0.15) is 0 Å². The van der Waals surface area contributed by atoms with Crippen molar-refractivity contribution in [3.63, 3.8) is 0 Å². The fraction of sp³-hybridized carbons (Fsp3) is 0.533. The smallest absolute Gasteiger partial charge is 0.226 e. The van der Waals surface area contributed by atoms with Gasteiger partial charge in [0, 0.05) is 24.2 Å². The summed E-state index contributed by atoms with van der Waals surface area (Å²) in [6.45, 7) is 2.70. The standard InChI is InChI=1S/C15H20ClFN2O/c1-19(10-11-4-3-7-18-9-11)15(20)8-12-13(16)5-2-6-14(12)17/h2,5-6,11,18H,3-4,7-10H2,1H3. The number of piperidine rings is 1. The first-order valence-corrected chi connectivity index (χ1v) is 7.33. The lowest BCUT2D eigenvalue weighted by Crippen LogP contribution is -2.39. The summed E-state index contributed by atoms with van der Waals surface area (Å²) >= 11 is 5.95. The average Bonchev–Trinajstić information content (AvgIpc) is 2.44. The van der Waals surface area contributed by atoms with Crippen molar-refractivity contribution in [1.82, 2.24) is 10.2 Å². The molecule has 3 nitrogen and oxygen atoms in total. The molecule has 1 unspecified atom stereocenters. The maximum absolute atomic E-state index is 13.7. The fourth-order valence-corrected chi connectivity index (χ4v) is 2.79. The molecule has 20 heavy (non-hydrogen) atoms. The minimum Gasteiger partial charge on any atom is -0.345 e. The second-order valence-corrected chi connectivity index (χ2v) is 5.77. The van der Waals surface area contributed by atoms with Gasteiger partial charge >= 0.3 is 0 Å². The van der Waals surface area contributed by atoms with E-state index in [-0.39, 0.29) is 17.9 Å². The van der Waals surface area contributed by atoms with E-state index < -0.39 is 5.82 Å². The summed E-state index contributed by atoms with van der Waals surface area (Å²) in [6.07, 6.45) is 2.29. The molecule has 5 heteroatoms. The van der Waals surface area contributed by atoms with E-state index in [1.54, 1.807) is 24.1 Å². The molecule has 0 aliphatic carbocycles. The third kappa shape index (κ3) is 3.93. The second-order valence-electron chi connectivity index (χ2n) is 5.36. The highest BCUT2D eigenvalue weighted by Gasteiger charge is 2.19. The summed E-state index contributed by atoms with van der Waals surface area (Å²) in [5, 5.41) is 3.64. The van der Waals surface area contributed by atoms with Gasteiger partial charge in [0.2, 0.25) is 5.91 Å². The maximum atomic E-state index is 13.7. The SMILES string of the molecule is CN(CC1CCCNC1)C(=O)Cc1c(F)cccc1Cl. The summed E-state index contributed by atoms with van der Waals surface area (Å²) < 4.78 is 13.7. The van der Waals surface area contributed by atoms with Gasteiger partial charge in [0.1, 0.15) is 5.82 Å². The maximum Gasteiger partial charge on any atom is 0.226 e. The summed E-state index contributed by atoms with van der Waals surface area (Å²) in [7, 11) is 1.77. The zero-order valence-electron chi connectivity index (χ0n) is 11.7. The molecule has 1 aliphatic rings. The van der Waals surface area contributed by atoms with Crippen LogP contribution in [0.15, 0.2) is 18.2 Å². The first-order chi connectivity index (χ1) is 9.58. The number of amides is 1. The van der Waals surface area contributed by atoms with E-state index in [0.717, 1.165) is 25.9 Å². The minimum absolute atomic E-state index is 0.0160. The first-order valence-electron chi connectivity index (χ1n) is 6.95. The Labute approximate surface area is 124 Å². The summed E-state index contributed by atoms with van der Waals surface area (Å²) in [4.78, 5) is 13.9. The molecule has 1 fully saturated rings. The zero-order chi connectivity index (χ0) is 14.5. The first kappa shape index (κ1) is 15.3. The Morgan fingerprint density at radius 2 is 2.35 bits per heavy atom. The predicted octanol–water partition coefficient (Wildman–Crippen LogP) is 2.48. The van der Waals surface area contributed by atoms with E-state index in [2.05, 4.69) is 5.32 Å². The quantitative estimate of drug-likeness (QED) is 0.926. The number of carbonyl (C=O) groups excluding carboxylic acids is 1. The highest BCUT2D eigenvalue weighted by Crippen LogP contribution is 2.20. The third-order valence-electron chi connectivity index (χ3n) is 3.75. The summed E-state index contributed by atoms with van der Waals surface area (Å²) in [5.41, 5.74) is 0.285. The molecule has 1 atom stereocenters. The topological polar surface area (TPSA) is 32.3 Å². The van der Waals surface area contributed by atoms with Crippen LogP contribution in [0.25, 0.3) is 0 Å². The van der Waals surface area contributed by atoms with Crippen molar-refractivity contribution < 1.29 is 9.18 Å². The van der Waals surface area contributed by atoms with E-state index in [1.165, 1.54) is 6.07 Å². The molecule has 0 radical (unpaired) electrons. The number of halogens is 2. The monoisotopic (exact) mass is 298 g/mol. The molecule has 0 saturated carbocycles. The van der Waals surface area contributed by atoms with Crippen LogP contribution in [0.3, 0.4) is 0 Å². The lowest BCUT2D eigenvalue weighted by molar-refractivity contribution is -0.129. The van der Waals surface area contributed by atoms with E-state index >= 15 is 0 Å². The van der Waals surface area contributed by atoms with Gasteiger partial charge in [-0.25, -0.2) is 4.39 Å². The normalized spacial score (nSPS) is 18.9. The van der Waals surface area contributed by atoms with Crippen LogP contribution in [0.2, 0.25) is 5.02 Å². The lowest BCUT2D eigenvalue weighted by Gasteiger charge is -2.27. The van der Waals surface area contributed by atoms with Gasteiger partial charge in [-0.1, -0.05) is 17.7 Å². The van der Waals surface area contributed by atoms with Crippen molar-refractivity contribution in [2.24, 2.45) is 5.92 Å². The van der Waals surface area contributed by atoms with Gasteiger partial charge in [-0.05, 0) is 44.0 Å². The van der Waals surface area contributed by atoms with Gasteiger partial charge in [-0.15, -0.1) is 0 Å². The number of benzene rings is 1. The van der Waals surface area contributed by atoms with Crippen LogP contribution < -0.4 is 5.32 Å². The molecule has 0 aromatic heterocycles.